The molecule has 0 aromatic rings. The van der Waals surface area contributed by atoms with E-state index in [1.54, 1.807) is 0 Å². The number of carbonyl (C=O) groups excluding carboxylic acids is 1. The molecule has 0 spiro atoms. The Balaban J connectivity index is 2.40. The highest BCUT2D eigenvalue weighted by Crippen LogP contribution is 1.75. The number of hydrogen-bond acceptors (Lipinski definition) is 2. The summed E-state index contributed by atoms with van der Waals surface area (Å²) in [6, 6.07) is 0. The van der Waals surface area contributed by atoms with Gasteiger partial charge >= 0.3 is 0 Å². The lowest BCUT2D eigenvalue weighted by Crippen LogP contribution is -1.78. The van der Waals surface area contributed by atoms with Crippen molar-refractivity contribution >= 4 is 22.5 Å². The van der Waals surface area contributed by atoms with E-state index in [2.05, 4.69) is 20.1 Å². The minimum Gasteiger partial charge on any atom is -0.299 e. The highest BCUT2D eigenvalue weighted by atomic mass is 79.9. The van der Waals surface area contributed by atoms with E-state index < -0.39 is 0 Å². The maximum atomic E-state index is 9.12. The van der Waals surface area contributed by atoms with E-state index in [-0.39, 0.29) is 6.61 Å². The molecule has 0 aromatic carbocycles. The first-order valence-electron chi connectivity index (χ1n) is 1.00. The van der Waals surface area contributed by atoms with Gasteiger partial charge in [-0.2, -0.15) is 0 Å². The summed E-state index contributed by atoms with van der Waals surface area (Å²) >= 11 is 2.55. The second-order valence-corrected chi connectivity index (χ2v) is 0.856. The molecule has 0 amide bonds. The SMILES string of the molecule is O=[C]COBr. The quantitative estimate of drug-likeness (QED) is 0.552. The summed E-state index contributed by atoms with van der Waals surface area (Å²) in [5.41, 5.74) is 0. The van der Waals surface area contributed by atoms with Gasteiger partial charge in [-0.25, -0.2) is 0 Å². The summed E-state index contributed by atoms with van der Waals surface area (Å²) in [5, 5.41) is 0. The van der Waals surface area contributed by atoms with Crippen molar-refractivity contribution in [2.24, 2.45) is 0 Å². The molecule has 2 nitrogen and oxygen atoms in total. The average Bonchev–Trinajstić information content (AvgIpc) is 1.41. The normalized spacial score (nSPS) is 7.40. The molecule has 0 aromatic heterocycles. The Kier molecular flexibility index (Phi) is 4.20. The third kappa shape index (κ3) is 4.11. The Morgan fingerprint density at radius 1 is 2.00 bits per heavy atom. The number of rotatable bonds is 2. The highest BCUT2D eigenvalue weighted by Gasteiger charge is 1.69. The molecular weight excluding hydrogens is 136 g/mol. The van der Waals surface area contributed by atoms with Crippen molar-refractivity contribution in [3.63, 3.8) is 0 Å². The van der Waals surface area contributed by atoms with Crippen molar-refractivity contribution in [2.75, 3.05) is 6.61 Å². The maximum Gasteiger partial charge on any atom is 0.227 e. The molecule has 0 saturated heterocycles. The van der Waals surface area contributed by atoms with Gasteiger partial charge in [-0.3, -0.25) is 8.62 Å². The Bertz CT molecular complexity index is 28.8. The van der Waals surface area contributed by atoms with Gasteiger partial charge in [0.05, 0.1) is 16.3 Å². The molecule has 0 atom stereocenters. The lowest BCUT2D eigenvalue weighted by molar-refractivity contribution is 0.444. The van der Waals surface area contributed by atoms with Crippen LogP contribution < -0.4 is 0 Å². The molecule has 0 bridgehead atoms. The van der Waals surface area contributed by atoms with Crippen molar-refractivity contribution in [3.05, 3.63) is 0 Å². The van der Waals surface area contributed by atoms with Gasteiger partial charge in [0.15, 0.2) is 0 Å². The standard InChI is InChI=1S/C2H2BrO2/c3-5-2-1-4/h2H2. The van der Waals surface area contributed by atoms with Crippen LogP contribution >= 0.6 is 16.3 Å². The summed E-state index contributed by atoms with van der Waals surface area (Å²) < 4.78 is 4.08. The Hall–Kier alpha value is 0.110. The van der Waals surface area contributed by atoms with Crippen LogP contribution in [0.4, 0.5) is 0 Å². The fourth-order valence-corrected chi connectivity index (χ4v) is 0.116. The van der Waals surface area contributed by atoms with Crippen molar-refractivity contribution in [1.82, 2.24) is 0 Å². The van der Waals surface area contributed by atoms with Crippen LogP contribution in [0.3, 0.4) is 0 Å². The van der Waals surface area contributed by atoms with Crippen LogP contribution in [-0.2, 0) is 8.62 Å². The minimum absolute atomic E-state index is 0. The largest absolute Gasteiger partial charge is 0.299 e. The van der Waals surface area contributed by atoms with Crippen molar-refractivity contribution in [2.45, 2.75) is 0 Å². The first-order chi connectivity index (χ1) is 2.41. The molecule has 0 saturated carbocycles. The van der Waals surface area contributed by atoms with E-state index in [9.17, 15) is 0 Å². The lowest BCUT2D eigenvalue weighted by atomic mass is 10.9. The molecule has 0 unspecified atom stereocenters. The first kappa shape index (κ1) is 5.11. The average molecular weight is 138 g/mol. The van der Waals surface area contributed by atoms with Crippen LogP contribution in [0.1, 0.15) is 0 Å². The van der Waals surface area contributed by atoms with E-state index in [0.717, 1.165) is 0 Å². The monoisotopic (exact) mass is 137 g/mol. The first-order valence-corrected chi connectivity index (χ1v) is 1.65. The molecule has 0 heterocycles. The van der Waals surface area contributed by atoms with Gasteiger partial charge in [-0.15, -0.1) is 0 Å². The van der Waals surface area contributed by atoms with E-state index >= 15 is 0 Å². The molecule has 0 rings (SSSR count). The summed E-state index contributed by atoms with van der Waals surface area (Å²) in [6.07, 6.45) is 1.50. The minimum atomic E-state index is 0. The van der Waals surface area contributed by atoms with E-state index in [1.807, 2.05) is 0 Å². The predicted octanol–water partition coefficient (Wildman–Crippen LogP) is 0.423. The molecule has 3 heteroatoms. The van der Waals surface area contributed by atoms with Gasteiger partial charge in [-0.05, 0) is 0 Å². The summed E-state index contributed by atoms with van der Waals surface area (Å²) in [7, 11) is 0. The van der Waals surface area contributed by atoms with Gasteiger partial charge in [0.1, 0.15) is 6.61 Å². The van der Waals surface area contributed by atoms with E-state index in [4.69, 9.17) is 4.79 Å². The summed E-state index contributed by atoms with van der Waals surface area (Å²) in [6.45, 7) is 0. The predicted molar refractivity (Wildman–Crippen MR) is 20.6 cm³/mol. The molecule has 5 heavy (non-hydrogen) atoms. The van der Waals surface area contributed by atoms with Gasteiger partial charge in [0.25, 0.3) is 0 Å². The second kappa shape index (κ2) is 4.11. The Morgan fingerprint density at radius 3 is 2.60 bits per heavy atom. The maximum absolute atomic E-state index is 9.12. The van der Waals surface area contributed by atoms with Crippen LogP contribution in [0.5, 0.6) is 0 Å². The number of hydrogen-bond donors (Lipinski definition) is 0. The van der Waals surface area contributed by atoms with Gasteiger partial charge < -0.3 is 0 Å². The molecule has 0 aliphatic heterocycles. The van der Waals surface area contributed by atoms with E-state index in [1.165, 1.54) is 6.29 Å². The van der Waals surface area contributed by atoms with Gasteiger partial charge in [-0.1, -0.05) is 0 Å². The van der Waals surface area contributed by atoms with Crippen LogP contribution in [0.2, 0.25) is 0 Å². The van der Waals surface area contributed by atoms with Crippen LogP contribution in [0.15, 0.2) is 0 Å². The molecular formula is C2H2BrO2. The fraction of sp³-hybridized carbons (Fsp3) is 0.500. The Morgan fingerprint density at radius 2 is 2.60 bits per heavy atom. The zero-order valence-corrected chi connectivity index (χ0v) is 3.99. The summed E-state index contributed by atoms with van der Waals surface area (Å²) in [5.74, 6) is 0. The molecule has 1 radical (unpaired) electrons. The zero-order chi connectivity index (χ0) is 4.12. The molecule has 0 aliphatic rings. The van der Waals surface area contributed by atoms with Crippen LogP contribution in [-0.4, -0.2) is 12.9 Å². The van der Waals surface area contributed by atoms with Crippen molar-refractivity contribution in [1.29, 1.82) is 0 Å². The van der Waals surface area contributed by atoms with Crippen LogP contribution in [0.25, 0.3) is 0 Å². The summed E-state index contributed by atoms with van der Waals surface area (Å²) in [4.78, 5) is 9.12. The van der Waals surface area contributed by atoms with E-state index in [0.29, 0.717) is 0 Å². The molecule has 29 valence electrons. The van der Waals surface area contributed by atoms with Crippen molar-refractivity contribution in [3.8, 4) is 0 Å². The molecule has 0 aliphatic carbocycles. The highest BCUT2D eigenvalue weighted by molar-refractivity contribution is 9.06. The molecule has 0 fully saturated rings. The third-order valence-electron chi connectivity index (χ3n) is 0.113. The van der Waals surface area contributed by atoms with Crippen LogP contribution in [0, 0.1) is 0 Å². The number of halogens is 1. The molecule has 0 N–H and O–H groups in total. The van der Waals surface area contributed by atoms with Gasteiger partial charge in [0.2, 0.25) is 6.29 Å². The smallest absolute Gasteiger partial charge is 0.227 e. The van der Waals surface area contributed by atoms with Gasteiger partial charge in [0, 0.05) is 0 Å². The van der Waals surface area contributed by atoms with Crippen molar-refractivity contribution < 1.29 is 8.62 Å². The topological polar surface area (TPSA) is 26.3 Å². The Labute approximate surface area is 38.6 Å². The second-order valence-electron chi connectivity index (χ2n) is 0.398. The zero-order valence-electron chi connectivity index (χ0n) is 2.40. The lowest BCUT2D eigenvalue weighted by Gasteiger charge is -1.70. The fourth-order valence-electron chi connectivity index (χ4n) is 0.0223. The third-order valence-corrected chi connectivity index (χ3v) is 0.342.